The van der Waals surface area contributed by atoms with Crippen molar-refractivity contribution in [3.63, 3.8) is 0 Å². The topological polar surface area (TPSA) is 110 Å². The van der Waals surface area contributed by atoms with E-state index < -0.39 is 23.8 Å². The molecule has 0 saturated carbocycles. The minimum Gasteiger partial charge on any atom is -0.463 e. The number of esters is 1. The lowest BCUT2D eigenvalue weighted by atomic mass is 10.3. The van der Waals surface area contributed by atoms with Crippen molar-refractivity contribution >= 4 is 40.8 Å². The minimum absolute atomic E-state index is 0.125. The number of amides is 2. The van der Waals surface area contributed by atoms with Gasteiger partial charge in [-0.1, -0.05) is 17.3 Å². The summed E-state index contributed by atoms with van der Waals surface area (Å²) in [5, 5.41) is 8.70. The third kappa shape index (κ3) is 4.38. The Balaban J connectivity index is 2.36. The van der Waals surface area contributed by atoms with E-state index in [0.717, 1.165) is 0 Å². The van der Waals surface area contributed by atoms with Crippen LogP contribution < -0.4 is 0 Å². The first kappa shape index (κ1) is 15.2. The second-order valence-corrected chi connectivity index (χ2v) is 3.99. The highest BCUT2D eigenvalue weighted by Gasteiger charge is 2.37. The van der Waals surface area contributed by atoms with Crippen LogP contribution in [0.25, 0.3) is 0 Å². The number of nitrogens with zero attached hydrogens (tertiary/aromatic N) is 1. The standard InChI is InChI=1S/C10H11NO7S/c12-3-4-17-8(14)1-2-9(15)18-11-7(13)5-6(19)10(11)16/h12H,1-5H2. The number of hydroxylamine groups is 2. The Hall–Kier alpha value is -1.87. The molecule has 0 radical (unpaired) electrons. The summed E-state index contributed by atoms with van der Waals surface area (Å²) in [5.74, 6) is -3.17. The Bertz CT molecular complexity index is 434. The van der Waals surface area contributed by atoms with E-state index in [9.17, 15) is 19.2 Å². The van der Waals surface area contributed by atoms with E-state index in [0.29, 0.717) is 5.06 Å². The zero-order valence-electron chi connectivity index (χ0n) is 9.79. The van der Waals surface area contributed by atoms with Crippen molar-refractivity contribution in [1.82, 2.24) is 5.06 Å². The molecule has 0 aliphatic carbocycles. The van der Waals surface area contributed by atoms with Gasteiger partial charge in [0.25, 0.3) is 5.91 Å². The predicted octanol–water partition coefficient (Wildman–Crippen LogP) is -1.11. The van der Waals surface area contributed by atoms with Crippen LogP contribution in [0.4, 0.5) is 0 Å². The summed E-state index contributed by atoms with van der Waals surface area (Å²) in [4.78, 5) is 49.2. The Labute approximate surface area is 113 Å². The minimum atomic E-state index is -0.924. The Morgan fingerprint density at radius 2 is 1.89 bits per heavy atom. The van der Waals surface area contributed by atoms with Gasteiger partial charge in [-0.05, 0) is 0 Å². The molecule has 0 bridgehead atoms. The van der Waals surface area contributed by atoms with Crippen LogP contribution in [0.5, 0.6) is 0 Å². The number of ether oxygens (including phenoxy) is 1. The van der Waals surface area contributed by atoms with Crippen LogP contribution in [0.2, 0.25) is 0 Å². The largest absolute Gasteiger partial charge is 0.463 e. The molecule has 104 valence electrons. The van der Waals surface area contributed by atoms with Gasteiger partial charge in [-0.3, -0.25) is 14.4 Å². The Morgan fingerprint density at radius 1 is 1.26 bits per heavy atom. The molecule has 1 saturated heterocycles. The number of rotatable bonds is 6. The third-order valence-electron chi connectivity index (χ3n) is 2.04. The van der Waals surface area contributed by atoms with E-state index in [4.69, 9.17) is 5.11 Å². The summed E-state index contributed by atoms with van der Waals surface area (Å²) in [6.07, 6.45) is -0.895. The highest BCUT2D eigenvalue weighted by atomic mass is 32.1. The zero-order valence-corrected chi connectivity index (χ0v) is 10.6. The molecule has 2 amide bonds. The summed E-state index contributed by atoms with van der Waals surface area (Å²) in [6, 6.07) is 0. The number of imide groups is 1. The number of carbonyl (C=O) groups excluding carboxylic acids is 4. The summed E-state index contributed by atoms with van der Waals surface area (Å²) >= 11 is 4.60. The fourth-order valence-electron chi connectivity index (χ4n) is 1.19. The van der Waals surface area contributed by atoms with Gasteiger partial charge in [0.1, 0.15) is 6.61 Å². The van der Waals surface area contributed by atoms with Crippen molar-refractivity contribution in [2.75, 3.05) is 13.2 Å². The predicted molar refractivity (Wildman–Crippen MR) is 62.4 cm³/mol. The van der Waals surface area contributed by atoms with Crippen LogP contribution in [0, 0.1) is 0 Å². The summed E-state index contributed by atoms with van der Waals surface area (Å²) < 4.78 is 4.51. The van der Waals surface area contributed by atoms with Crippen LogP contribution in [0.1, 0.15) is 19.3 Å². The van der Waals surface area contributed by atoms with Crippen LogP contribution in [0.3, 0.4) is 0 Å². The maximum absolute atomic E-state index is 11.3. The molecule has 1 rings (SSSR count). The van der Waals surface area contributed by atoms with Gasteiger partial charge in [0.05, 0.1) is 30.7 Å². The molecule has 1 N–H and O–H groups in total. The molecular formula is C10H11NO7S. The van der Waals surface area contributed by atoms with E-state index in [1.807, 2.05) is 0 Å². The molecule has 1 fully saturated rings. The maximum Gasteiger partial charge on any atom is 0.333 e. The average molecular weight is 289 g/mol. The van der Waals surface area contributed by atoms with Crippen molar-refractivity contribution in [3.8, 4) is 0 Å². The molecule has 0 aromatic carbocycles. The molecule has 0 unspecified atom stereocenters. The van der Waals surface area contributed by atoms with E-state index >= 15 is 0 Å². The van der Waals surface area contributed by atoms with Gasteiger partial charge >= 0.3 is 17.8 Å². The number of hydrogen-bond acceptors (Lipinski definition) is 8. The number of aliphatic hydroxyl groups excluding tert-OH is 1. The maximum atomic E-state index is 11.3. The van der Waals surface area contributed by atoms with Gasteiger partial charge in [-0.2, -0.15) is 0 Å². The first-order chi connectivity index (χ1) is 8.95. The molecule has 0 atom stereocenters. The Kier molecular flexibility index (Phi) is 5.52. The van der Waals surface area contributed by atoms with Gasteiger partial charge in [0.2, 0.25) is 0 Å². The van der Waals surface area contributed by atoms with Gasteiger partial charge in [0, 0.05) is 0 Å². The number of aliphatic hydroxyl groups is 1. The van der Waals surface area contributed by atoms with Gasteiger partial charge in [-0.25, -0.2) is 4.79 Å². The average Bonchev–Trinajstić information content (AvgIpc) is 2.60. The molecule has 19 heavy (non-hydrogen) atoms. The van der Waals surface area contributed by atoms with Gasteiger partial charge < -0.3 is 14.7 Å². The van der Waals surface area contributed by atoms with Crippen LogP contribution >= 0.6 is 12.2 Å². The quantitative estimate of drug-likeness (QED) is 0.372. The van der Waals surface area contributed by atoms with Gasteiger partial charge in [0.15, 0.2) is 0 Å². The molecule has 8 nitrogen and oxygen atoms in total. The van der Waals surface area contributed by atoms with Crippen molar-refractivity contribution in [2.45, 2.75) is 19.3 Å². The van der Waals surface area contributed by atoms with E-state index in [1.165, 1.54) is 0 Å². The third-order valence-corrected chi connectivity index (χ3v) is 2.36. The summed E-state index contributed by atoms with van der Waals surface area (Å²) in [5.41, 5.74) is 0. The molecule has 1 aliphatic rings. The SMILES string of the molecule is O=C(CCC(=O)ON1C(=O)CC(=S)C1=O)OCCO. The highest BCUT2D eigenvalue weighted by molar-refractivity contribution is 7.82. The lowest BCUT2D eigenvalue weighted by molar-refractivity contribution is -0.196. The molecular weight excluding hydrogens is 278 g/mol. The summed E-state index contributed by atoms with van der Waals surface area (Å²) in [6.45, 7) is -0.477. The fraction of sp³-hybridized carbons (Fsp3) is 0.500. The zero-order chi connectivity index (χ0) is 14.4. The molecule has 0 aromatic heterocycles. The lowest BCUT2D eigenvalue weighted by Gasteiger charge is -2.11. The second-order valence-electron chi connectivity index (χ2n) is 3.50. The number of thiocarbonyl (C=S) groups is 1. The van der Waals surface area contributed by atoms with Gasteiger partial charge in [-0.15, -0.1) is 0 Å². The van der Waals surface area contributed by atoms with Crippen molar-refractivity contribution in [3.05, 3.63) is 0 Å². The molecule has 1 aliphatic heterocycles. The van der Waals surface area contributed by atoms with E-state index in [2.05, 4.69) is 21.8 Å². The molecule has 0 aromatic rings. The smallest absolute Gasteiger partial charge is 0.333 e. The van der Waals surface area contributed by atoms with Crippen LogP contribution in [0.15, 0.2) is 0 Å². The Morgan fingerprint density at radius 3 is 2.42 bits per heavy atom. The molecule has 0 spiro atoms. The lowest BCUT2D eigenvalue weighted by Crippen LogP contribution is -2.33. The normalized spacial score (nSPS) is 14.8. The first-order valence-electron chi connectivity index (χ1n) is 5.33. The van der Waals surface area contributed by atoms with Crippen LogP contribution in [-0.4, -0.2) is 52.0 Å². The van der Waals surface area contributed by atoms with Crippen molar-refractivity contribution in [2.24, 2.45) is 0 Å². The van der Waals surface area contributed by atoms with Crippen LogP contribution in [-0.2, 0) is 28.8 Å². The molecule has 9 heteroatoms. The van der Waals surface area contributed by atoms with Crippen molar-refractivity contribution < 1.29 is 33.9 Å². The van der Waals surface area contributed by atoms with E-state index in [1.54, 1.807) is 0 Å². The second kappa shape index (κ2) is 6.90. The number of hydrogen-bond donors (Lipinski definition) is 1. The number of carbonyl (C=O) groups is 4. The van der Waals surface area contributed by atoms with Crippen molar-refractivity contribution in [1.29, 1.82) is 0 Å². The monoisotopic (exact) mass is 289 g/mol. The fourth-order valence-corrected chi connectivity index (χ4v) is 1.39. The first-order valence-corrected chi connectivity index (χ1v) is 5.74. The summed E-state index contributed by atoms with van der Waals surface area (Å²) in [7, 11) is 0. The molecule has 1 heterocycles. The highest BCUT2D eigenvalue weighted by Crippen LogP contribution is 2.11. The van der Waals surface area contributed by atoms with E-state index in [-0.39, 0.29) is 37.3 Å².